The van der Waals surface area contributed by atoms with Gasteiger partial charge >= 0.3 is 0 Å². The van der Waals surface area contributed by atoms with Crippen molar-refractivity contribution in [3.05, 3.63) is 28.2 Å². The normalized spacial score (nSPS) is 18.1. The van der Waals surface area contributed by atoms with Crippen molar-refractivity contribution in [1.29, 1.82) is 0 Å². The standard InChI is InChI=1S/C19H22ClN5OS/c1-3-25-8-4-5-12(10-25)22-19-21-11(2)17(23-24-19)13-6-7-15-14(18(13)26)9-16(20)27-15/h6-7,9,12,26H,3-5,8,10H2,1-2H3,(H,21,22,24)/t12-/m1/s1. The van der Waals surface area contributed by atoms with Crippen molar-refractivity contribution in [3.8, 4) is 17.0 Å². The van der Waals surface area contributed by atoms with Gasteiger partial charge in [0.25, 0.3) is 0 Å². The number of rotatable bonds is 4. The number of phenolic OH excluding ortho intramolecular Hbond substituents is 1. The number of aromatic nitrogens is 3. The number of fused-ring (bicyclic) bond motifs is 1. The topological polar surface area (TPSA) is 74.2 Å². The molecular weight excluding hydrogens is 382 g/mol. The average Bonchev–Trinajstić information content (AvgIpc) is 3.04. The molecule has 0 aliphatic carbocycles. The molecule has 0 saturated carbocycles. The molecule has 6 nitrogen and oxygen atoms in total. The highest BCUT2D eigenvalue weighted by Gasteiger charge is 2.20. The summed E-state index contributed by atoms with van der Waals surface area (Å²) in [5, 5.41) is 23.4. The van der Waals surface area contributed by atoms with Crippen LogP contribution in [0.5, 0.6) is 5.75 Å². The van der Waals surface area contributed by atoms with E-state index in [1.807, 2.05) is 19.1 Å². The summed E-state index contributed by atoms with van der Waals surface area (Å²) in [5.41, 5.74) is 1.93. The second-order valence-electron chi connectivity index (χ2n) is 6.87. The minimum absolute atomic E-state index is 0.168. The van der Waals surface area contributed by atoms with Gasteiger partial charge in [-0.3, -0.25) is 0 Å². The number of aryl methyl sites for hydroxylation is 1. The first-order chi connectivity index (χ1) is 13.0. The van der Waals surface area contributed by atoms with Gasteiger partial charge in [0.15, 0.2) is 0 Å². The second kappa shape index (κ2) is 7.58. The Balaban J connectivity index is 1.59. The van der Waals surface area contributed by atoms with Crippen LogP contribution in [0.3, 0.4) is 0 Å². The molecule has 0 radical (unpaired) electrons. The Labute approximate surface area is 167 Å². The zero-order valence-corrected chi connectivity index (χ0v) is 16.9. The van der Waals surface area contributed by atoms with Crippen molar-refractivity contribution in [3.63, 3.8) is 0 Å². The van der Waals surface area contributed by atoms with Crippen LogP contribution < -0.4 is 5.32 Å². The van der Waals surface area contributed by atoms with E-state index in [1.54, 1.807) is 6.07 Å². The van der Waals surface area contributed by atoms with E-state index < -0.39 is 0 Å². The van der Waals surface area contributed by atoms with Crippen molar-refractivity contribution in [2.75, 3.05) is 25.0 Å². The van der Waals surface area contributed by atoms with Crippen molar-refractivity contribution in [2.24, 2.45) is 0 Å². The number of nitrogens with zero attached hydrogens (tertiary/aromatic N) is 4. The number of phenols is 1. The van der Waals surface area contributed by atoms with E-state index in [0.29, 0.717) is 27.6 Å². The Bertz CT molecular complexity index is 976. The predicted octanol–water partition coefficient (Wildman–Crippen LogP) is 4.32. The number of likely N-dealkylation sites (tertiary alicyclic amines) is 1. The lowest BCUT2D eigenvalue weighted by molar-refractivity contribution is 0.226. The van der Waals surface area contributed by atoms with Crippen LogP contribution in [-0.4, -0.2) is 50.9 Å². The van der Waals surface area contributed by atoms with Gasteiger partial charge in [0.05, 0.1) is 10.0 Å². The molecule has 0 amide bonds. The summed E-state index contributed by atoms with van der Waals surface area (Å²) >= 11 is 7.51. The van der Waals surface area contributed by atoms with Gasteiger partial charge in [0, 0.05) is 28.2 Å². The maximum absolute atomic E-state index is 10.7. The summed E-state index contributed by atoms with van der Waals surface area (Å²) in [5.74, 6) is 0.708. The minimum Gasteiger partial charge on any atom is -0.507 e. The quantitative estimate of drug-likeness (QED) is 0.675. The summed E-state index contributed by atoms with van der Waals surface area (Å²) in [7, 11) is 0. The van der Waals surface area contributed by atoms with E-state index in [4.69, 9.17) is 11.6 Å². The smallest absolute Gasteiger partial charge is 0.243 e. The lowest BCUT2D eigenvalue weighted by atomic mass is 10.1. The number of nitrogens with one attached hydrogen (secondary N) is 1. The molecule has 3 aromatic rings. The van der Waals surface area contributed by atoms with Crippen LogP contribution in [0.25, 0.3) is 21.3 Å². The number of hydrogen-bond donors (Lipinski definition) is 2. The first-order valence-corrected chi connectivity index (χ1v) is 10.4. The van der Waals surface area contributed by atoms with Crippen LogP contribution in [-0.2, 0) is 0 Å². The molecule has 2 aromatic heterocycles. The highest BCUT2D eigenvalue weighted by atomic mass is 35.5. The second-order valence-corrected chi connectivity index (χ2v) is 8.59. The maximum Gasteiger partial charge on any atom is 0.243 e. The summed E-state index contributed by atoms with van der Waals surface area (Å²) < 4.78 is 1.59. The van der Waals surface area contributed by atoms with Gasteiger partial charge in [-0.05, 0) is 51.1 Å². The summed E-state index contributed by atoms with van der Waals surface area (Å²) in [6.07, 6.45) is 2.28. The van der Waals surface area contributed by atoms with Gasteiger partial charge in [-0.1, -0.05) is 18.5 Å². The van der Waals surface area contributed by atoms with E-state index in [1.165, 1.54) is 17.8 Å². The molecule has 1 saturated heterocycles. The first kappa shape index (κ1) is 18.4. The summed E-state index contributed by atoms with van der Waals surface area (Å²) in [4.78, 5) is 7.01. The molecule has 1 aromatic carbocycles. The molecule has 142 valence electrons. The van der Waals surface area contributed by atoms with Gasteiger partial charge in [0.2, 0.25) is 5.95 Å². The molecule has 3 heterocycles. The number of thiophene rings is 1. The molecule has 1 fully saturated rings. The third-order valence-corrected chi connectivity index (χ3v) is 6.27. The number of halogens is 1. The lowest BCUT2D eigenvalue weighted by Crippen LogP contribution is -2.42. The van der Waals surface area contributed by atoms with Gasteiger partial charge in [-0.2, -0.15) is 0 Å². The van der Waals surface area contributed by atoms with Crippen molar-refractivity contribution >= 4 is 39.0 Å². The van der Waals surface area contributed by atoms with E-state index in [-0.39, 0.29) is 5.75 Å². The largest absolute Gasteiger partial charge is 0.507 e. The van der Waals surface area contributed by atoms with E-state index >= 15 is 0 Å². The summed E-state index contributed by atoms with van der Waals surface area (Å²) in [6.45, 7) is 7.28. The molecule has 1 aliphatic rings. The molecular formula is C19H22ClN5OS. The molecule has 0 bridgehead atoms. The molecule has 1 aliphatic heterocycles. The number of anilines is 1. The zero-order valence-electron chi connectivity index (χ0n) is 15.4. The Hall–Kier alpha value is -1.96. The average molecular weight is 404 g/mol. The minimum atomic E-state index is 0.168. The predicted molar refractivity (Wildman–Crippen MR) is 111 cm³/mol. The Morgan fingerprint density at radius 2 is 2.22 bits per heavy atom. The van der Waals surface area contributed by atoms with Crippen LogP contribution in [0.4, 0.5) is 5.95 Å². The van der Waals surface area contributed by atoms with Crippen molar-refractivity contribution in [1.82, 2.24) is 20.1 Å². The molecule has 0 unspecified atom stereocenters. The zero-order chi connectivity index (χ0) is 19.0. The van der Waals surface area contributed by atoms with E-state index in [2.05, 4.69) is 32.3 Å². The van der Waals surface area contributed by atoms with E-state index in [9.17, 15) is 5.11 Å². The van der Waals surface area contributed by atoms with Gasteiger partial charge in [-0.25, -0.2) is 4.98 Å². The van der Waals surface area contributed by atoms with Gasteiger partial charge in [-0.15, -0.1) is 21.5 Å². The molecule has 27 heavy (non-hydrogen) atoms. The fraction of sp³-hybridized carbons (Fsp3) is 0.421. The molecule has 4 rings (SSSR count). The number of likely N-dealkylation sites (N-methyl/N-ethyl adjacent to an activating group) is 1. The third-order valence-electron chi connectivity index (χ3n) is 5.04. The lowest BCUT2D eigenvalue weighted by Gasteiger charge is -2.32. The molecule has 1 atom stereocenters. The van der Waals surface area contributed by atoms with Gasteiger partial charge in [0.1, 0.15) is 11.4 Å². The molecule has 8 heteroatoms. The first-order valence-electron chi connectivity index (χ1n) is 9.16. The van der Waals surface area contributed by atoms with Crippen LogP contribution in [0.2, 0.25) is 4.34 Å². The Morgan fingerprint density at radius 1 is 1.37 bits per heavy atom. The Kier molecular flexibility index (Phi) is 5.16. The highest BCUT2D eigenvalue weighted by molar-refractivity contribution is 7.22. The maximum atomic E-state index is 10.7. The number of benzene rings is 1. The number of hydrogen-bond acceptors (Lipinski definition) is 7. The fourth-order valence-electron chi connectivity index (χ4n) is 3.61. The fourth-order valence-corrected chi connectivity index (χ4v) is 4.76. The highest BCUT2D eigenvalue weighted by Crippen LogP contribution is 2.40. The van der Waals surface area contributed by atoms with Crippen LogP contribution in [0.15, 0.2) is 18.2 Å². The van der Waals surface area contributed by atoms with Crippen LogP contribution >= 0.6 is 22.9 Å². The third kappa shape index (κ3) is 3.72. The van der Waals surface area contributed by atoms with Crippen molar-refractivity contribution in [2.45, 2.75) is 32.7 Å². The number of aromatic hydroxyl groups is 1. The SMILES string of the molecule is CCN1CCC[C@@H](Nc2nnc(-c3ccc4sc(Cl)cc4c3O)c(C)n2)C1. The monoisotopic (exact) mass is 403 g/mol. The van der Waals surface area contributed by atoms with E-state index in [0.717, 1.165) is 41.8 Å². The molecule has 0 spiro atoms. The number of piperidine rings is 1. The van der Waals surface area contributed by atoms with Crippen LogP contribution in [0.1, 0.15) is 25.5 Å². The Morgan fingerprint density at radius 3 is 3.00 bits per heavy atom. The molecule has 2 N–H and O–H groups in total. The van der Waals surface area contributed by atoms with Crippen molar-refractivity contribution < 1.29 is 5.11 Å². The summed E-state index contributed by atoms with van der Waals surface area (Å²) in [6, 6.07) is 5.89. The van der Waals surface area contributed by atoms with Gasteiger partial charge < -0.3 is 15.3 Å². The van der Waals surface area contributed by atoms with Crippen LogP contribution in [0, 0.1) is 6.92 Å².